The average Bonchev–Trinajstić information content (AvgIpc) is 2.59. The Kier molecular flexibility index (Phi) is 7.71. The molecule has 2 amide bonds. The molecule has 0 N–H and O–H groups in total. The third-order valence-electron chi connectivity index (χ3n) is 4.88. The molecule has 1 aromatic rings. The van der Waals surface area contributed by atoms with Crippen LogP contribution in [0, 0.1) is 5.92 Å². The van der Waals surface area contributed by atoms with Gasteiger partial charge in [-0.3, -0.25) is 9.59 Å². The van der Waals surface area contributed by atoms with E-state index in [0.29, 0.717) is 13.1 Å². The molecule has 0 heterocycles. The van der Waals surface area contributed by atoms with Crippen molar-refractivity contribution in [3.05, 3.63) is 48.0 Å². The number of likely N-dealkylation sites (N-methyl/N-ethyl adjacent to an activating group) is 1. The minimum absolute atomic E-state index is 0.0331. The fourth-order valence-corrected chi connectivity index (χ4v) is 3.14. The second-order valence-electron chi connectivity index (χ2n) is 6.93. The standard InChI is InChI=1S/C21H30N2O2/c1-3-15-23(17-24)20(14-8-13-18-11-7-12-18)21(25)22(2)16-19-9-5-4-6-10-19/h4-6,8-10,14,17-18,20H,3,7,11-13,15-16H2,1-2H3/b14-8+. The van der Waals surface area contributed by atoms with Crippen molar-refractivity contribution in [3.63, 3.8) is 0 Å². The summed E-state index contributed by atoms with van der Waals surface area (Å²) < 4.78 is 0. The van der Waals surface area contributed by atoms with E-state index in [0.717, 1.165) is 30.7 Å². The van der Waals surface area contributed by atoms with Crippen LogP contribution in [-0.4, -0.2) is 41.8 Å². The fourth-order valence-electron chi connectivity index (χ4n) is 3.14. The van der Waals surface area contributed by atoms with Gasteiger partial charge in [-0.2, -0.15) is 0 Å². The van der Waals surface area contributed by atoms with Gasteiger partial charge in [0, 0.05) is 20.1 Å². The van der Waals surface area contributed by atoms with Crippen molar-refractivity contribution < 1.29 is 9.59 Å². The predicted octanol–water partition coefficient (Wildman–Crippen LogP) is 3.63. The summed E-state index contributed by atoms with van der Waals surface area (Å²) in [5, 5.41) is 0. The SMILES string of the molecule is CCCN(C=O)C(/C=C/CC1CCC1)C(=O)N(C)Cc1ccccc1. The van der Waals surface area contributed by atoms with E-state index in [1.54, 1.807) is 16.8 Å². The Bertz CT molecular complexity index is 567. The molecule has 4 heteroatoms. The van der Waals surface area contributed by atoms with Crippen LogP contribution in [0.1, 0.15) is 44.6 Å². The van der Waals surface area contributed by atoms with E-state index < -0.39 is 6.04 Å². The summed E-state index contributed by atoms with van der Waals surface area (Å²) in [7, 11) is 1.80. The second-order valence-corrected chi connectivity index (χ2v) is 6.93. The van der Waals surface area contributed by atoms with Crippen molar-refractivity contribution in [2.24, 2.45) is 5.92 Å². The van der Waals surface area contributed by atoms with Gasteiger partial charge in [0.2, 0.25) is 12.3 Å². The van der Waals surface area contributed by atoms with Crippen LogP contribution in [0.4, 0.5) is 0 Å². The number of rotatable bonds is 10. The van der Waals surface area contributed by atoms with Gasteiger partial charge in [-0.15, -0.1) is 0 Å². The van der Waals surface area contributed by atoms with Gasteiger partial charge in [-0.25, -0.2) is 0 Å². The lowest BCUT2D eigenvalue weighted by Gasteiger charge is -2.29. The van der Waals surface area contributed by atoms with Crippen molar-refractivity contribution in [3.8, 4) is 0 Å². The van der Waals surface area contributed by atoms with Crippen molar-refractivity contribution in [2.45, 2.75) is 51.6 Å². The summed E-state index contributed by atoms with van der Waals surface area (Å²) in [6, 6.07) is 9.42. The Labute approximate surface area is 151 Å². The monoisotopic (exact) mass is 342 g/mol. The zero-order chi connectivity index (χ0) is 18.1. The molecule has 0 bridgehead atoms. The Morgan fingerprint density at radius 1 is 1.28 bits per heavy atom. The van der Waals surface area contributed by atoms with Gasteiger partial charge in [-0.05, 0) is 24.3 Å². The highest BCUT2D eigenvalue weighted by Gasteiger charge is 2.25. The van der Waals surface area contributed by atoms with Gasteiger partial charge >= 0.3 is 0 Å². The van der Waals surface area contributed by atoms with Crippen molar-refractivity contribution in [2.75, 3.05) is 13.6 Å². The first-order chi connectivity index (χ1) is 12.2. The summed E-state index contributed by atoms with van der Waals surface area (Å²) in [6.07, 6.45) is 10.5. The Morgan fingerprint density at radius 2 is 2.00 bits per heavy atom. The molecule has 0 radical (unpaired) electrons. The Morgan fingerprint density at radius 3 is 2.56 bits per heavy atom. The second kappa shape index (κ2) is 10.0. The lowest BCUT2D eigenvalue weighted by Crippen LogP contribution is -2.46. The van der Waals surface area contributed by atoms with Crippen LogP contribution in [0.5, 0.6) is 0 Å². The number of nitrogens with zero attached hydrogens (tertiary/aromatic N) is 2. The number of hydrogen-bond acceptors (Lipinski definition) is 2. The van der Waals surface area contributed by atoms with E-state index in [4.69, 9.17) is 0 Å². The first-order valence-corrected chi connectivity index (χ1v) is 9.32. The van der Waals surface area contributed by atoms with Crippen molar-refractivity contribution in [1.29, 1.82) is 0 Å². The van der Waals surface area contributed by atoms with Gasteiger partial charge in [0.05, 0.1) is 0 Å². The highest BCUT2D eigenvalue weighted by Crippen LogP contribution is 2.29. The van der Waals surface area contributed by atoms with Crippen LogP contribution in [0.2, 0.25) is 0 Å². The Hall–Kier alpha value is -2.10. The topological polar surface area (TPSA) is 40.6 Å². The van der Waals surface area contributed by atoms with Crippen molar-refractivity contribution in [1.82, 2.24) is 9.80 Å². The molecule has 25 heavy (non-hydrogen) atoms. The molecule has 1 aliphatic carbocycles. The molecule has 0 spiro atoms. The molecule has 1 saturated carbocycles. The maximum absolute atomic E-state index is 13.0. The highest BCUT2D eigenvalue weighted by molar-refractivity contribution is 5.85. The summed E-state index contributed by atoms with van der Waals surface area (Å²) in [5.41, 5.74) is 1.09. The van der Waals surface area contributed by atoms with Crippen molar-refractivity contribution >= 4 is 12.3 Å². The van der Waals surface area contributed by atoms with Gasteiger partial charge in [0.25, 0.3) is 0 Å². The van der Waals surface area contributed by atoms with Gasteiger partial charge < -0.3 is 9.80 Å². The van der Waals surface area contributed by atoms with E-state index in [-0.39, 0.29) is 5.91 Å². The predicted molar refractivity (Wildman–Crippen MR) is 101 cm³/mol. The van der Waals surface area contributed by atoms with E-state index in [2.05, 4.69) is 6.08 Å². The molecule has 1 unspecified atom stereocenters. The molecule has 0 saturated heterocycles. The zero-order valence-corrected chi connectivity index (χ0v) is 15.4. The van der Waals surface area contributed by atoms with Crippen LogP contribution in [0.25, 0.3) is 0 Å². The molecule has 2 rings (SSSR count). The third-order valence-corrected chi connectivity index (χ3v) is 4.88. The third kappa shape index (κ3) is 5.73. The summed E-state index contributed by atoms with van der Waals surface area (Å²) in [5.74, 6) is 0.721. The fraction of sp³-hybridized carbons (Fsp3) is 0.524. The lowest BCUT2D eigenvalue weighted by molar-refractivity contribution is -0.138. The van der Waals surface area contributed by atoms with E-state index >= 15 is 0 Å². The Balaban J connectivity index is 2.05. The van der Waals surface area contributed by atoms with Gasteiger partial charge in [0.15, 0.2) is 0 Å². The van der Waals surface area contributed by atoms with Gasteiger partial charge in [0.1, 0.15) is 6.04 Å². The smallest absolute Gasteiger partial charge is 0.249 e. The maximum Gasteiger partial charge on any atom is 0.249 e. The number of hydrogen-bond donors (Lipinski definition) is 0. The molecule has 1 atom stereocenters. The number of benzene rings is 1. The molecule has 1 aliphatic rings. The van der Waals surface area contributed by atoms with Crippen LogP contribution >= 0.6 is 0 Å². The molecular formula is C21H30N2O2. The molecule has 4 nitrogen and oxygen atoms in total. The highest BCUT2D eigenvalue weighted by atomic mass is 16.2. The lowest BCUT2D eigenvalue weighted by atomic mass is 9.83. The molecule has 1 fully saturated rings. The normalized spacial score (nSPS) is 15.6. The number of carbonyl (C=O) groups excluding carboxylic acids is 2. The minimum Gasteiger partial charge on any atom is -0.339 e. The number of allylic oxidation sites excluding steroid dienone is 1. The molecule has 136 valence electrons. The summed E-state index contributed by atoms with van der Waals surface area (Å²) in [4.78, 5) is 27.8. The quantitative estimate of drug-likeness (QED) is 0.481. The van der Waals surface area contributed by atoms with E-state index in [9.17, 15) is 9.59 Å². The molecule has 0 aromatic heterocycles. The summed E-state index contributed by atoms with van der Waals surface area (Å²) >= 11 is 0. The first-order valence-electron chi connectivity index (χ1n) is 9.32. The molecule has 1 aromatic carbocycles. The first kappa shape index (κ1) is 19.2. The molecular weight excluding hydrogens is 312 g/mol. The van der Waals surface area contributed by atoms with Crippen LogP contribution in [0.3, 0.4) is 0 Å². The largest absolute Gasteiger partial charge is 0.339 e. The zero-order valence-electron chi connectivity index (χ0n) is 15.4. The van der Waals surface area contributed by atoms with E-state index in [1.165, 1.54) is 19.3 Å². The van der Waals surface area contributed by atoms with E-state index in [1.807, 2.05) is 43.3 Å². The summed E-state index contributed by atoms with van der Waals surface area (Å²) in [6.45, 7) is 3.15. The van der Waals surface area contributed by atoms with Crippen LogP contribution in [0.15, 0.2) is 42.5 Å². The average molecular weight is 342 g/mol. The van der Waals surface area contributed by atoms with Crippen LogP contribution in [-0.2, 0) is 16.1 Å². The van der Waals surface area contributed by atoms with Gasteiger partial charge in [-0.1, -0.05) is 68.7 Å². The molecule has 0 aliphatic heterocycles. The maximum atomic E-state index is 13.0. The van der Waals surface area contributed by atoms with Crippen LogP contribution < -0.4 is 0 Å². The minimum atomic E-state index is -0.508. The number of carbonyl (C=O) groups is 2. The number of amides is 2.